The van der Waals surface area contributed by atoms with E-state index in [-0.39, 0.29) is 46.8 Å². The molecule has 12 nitrogen and oxygen atoms in total. The Morgan fingerprint density at radius 1 is 0.347 bits per heavy atom. The summed E-state index contributed by atoms with van der Waals surface area (Å²) in [5, 5.41) is 43.7. The van der Waals surface area contributed by atoms with E-state index in [9.17, 15) is 0 Å². The molecule has 14 heteroatoms. The number of aryl methyl sites for hydroxylation is 4. The van der Waals surface area contributed by atoms with Crippen molar-refractivity contribution >= 4 is 65.8 Å². The smallest absolute Gasteiger partial charge is 0.167 e. The molecule has 95 heavy (non-hydrogen) atoms. The number of pyridine rings is 2. The third-order valence-corrected chi connectivity index (χ3v) is 15.1. The van der Waals surface area contributed by atoms with E-state index in [0.29, 0.717) is 0 Å². The van der Waals surface area contributed by atoms with Crippen LogP contribution in [0.3, 0.4) is 0 Å². The summed E-state index contributed by atoms with van der Waals surface area (Å²) >= 11 is 0. The molecule has 4 N–H and O–H groups in total. The summed E-state index contributed by atoms with van der Waals surface area (Å²) in [5.74, 6) is 0. The minimum absolute atomic E-state index is 0. The predicted octanol–water partition coefficient (Wildman–Crippen LogP) is 19.1. The Balaban J connectivity index is 0.000000178. The van der Waals surface area contributed by atoms with Gasteiger partial charge in [0.15, 0.2) is 11.2 Å². The number of aliphatic hydroxyl groups is 4. The van der Waals surface area contributed by atoms with E-state index >= 15 is 0 Å². The maximum Gasteiger partial charge on any atom is 0.167 e. The van der Waals surface area contributed by atoms with Crippen LogP contribution in [0, 0.1) is 45.9 Å². The first kappa shape index (κ1) is 72.6. The Bertz CT molecular complexity index is 4710. The fourth-order valence-electron chi connectivity index (χ4n) is 10.4. The van der Waals surface area contributed by atoms with E-state index in [1.807, 2.05) is 158 Å². The number of furan rings is 2. The fraction of sp³-hybridized carbons (Fsp3) is 0.111. The van der Waals surface area contributed by atoms with Crippen LogP contribution in [-0.4, -0.2) is 68.6 Å². The van der Waals surface area contributed by atoms with Crippen LogP contribution in [0.2, 0.25) is 0 Å². The van der Waals surface area contributed by atoms with Crippen LogP contribution in [0.4, 0.5) is 0 Å². The van der Waals surface area contributed by atoms with Gasteiger partial charge in [0.25, 0.3) is 0 Å². The normalized spacial score (nSPS) is 10.2. The Morgan fingerprint density at radius 3 is 1.19 bits per heavy atom. The number of nitrogens with zero attached hydrogens (tertiary/aromatic N) is 4. The second-order valence-electron chi connectivity index (χ2n) is 20.9. The molecule has 484 valence electrons. The number of aliphatic hydroxyl groups excluding tert-OH is 4. The first-order valence-corrected chi connectivity index (χ1v) is 30.1. The Labute approximate surface area is 579 Å². The molecule has 10 aromatic carbocycles. The van der Waals surface area contributed by atoms with Crippen LogP contribution in [-0.2, 0) is 40.2 Å². The number of hydrogen-bond acceptors (Lipinski definition) is 12. The number of para-hydroxylation sites is 6. The maximum atomic E-state index is 7.57. The summed E-state index contributed by atoms with van der Waals surface area (Å²) in [4.78, 5) is 8.76. The zero-order valence-corrected chi connectivity index (χ0v) is 58.5. The molecule has 16 aromatic rings. The van der Waals surface area contributed by atoms with Crippen molar-refractivity contribution in [3.05, 3.63) is 289 Å². The van der Waals surface area contributed by atoms with Gasteiger partial charge in [0.05, 0.1) is 0 Å². The molecule has 0 saturated heterocycles. The summed E-state index contributed by atoms with van der Waals surface area (Å²) in [6.07, 6.45) is 3.82. The molecular weight excluding hydrogens is 1540 g/mol. The molecule has 0 saturated carbocycles. The molecule has 16 rings (SSSR count). The second-order valence-corrected chi connectivity index (χ2v) is 20.9. The van der Waals surface area contributed by atoms with Gasteiger partial charge >= 0.3 is 0 Å². The fourth-order valence-corrected chi connectivity index (χ4v) is 10.4. The molecule has 0 atom stereocenters. The largest absolute Gasteiger partial charge is 0.455 e. The maximum absolute atomic E-state index is 7.57. The Hall–Kier alpha value is -9.82. The first-order chi connectivity index (χ1) is 45.7. The van der Waals surface area contributed by atoms with Gasteiger partial charge in [-0.25, -0.2) is 0 Å². The minimum atomic E-state index is 0. The number of benzene rings is 10. The van der Waals surface area contributed by atoms with Crippen LogP contribution < -0.4 is 0 Å². The molecule has 0 bridgehead atoms. The number of fused-ring (bicyclic) bond motifs is 8. The van der Waals surface area contributed by atoms with Gasteiger partial charge in [-0.2, -0.15) is 0 Å². The molecule has 6 aromatic heterocycles. The van der Waals surface area contributed by atoms with Crippen molar-refractivity contribution < 1.29 is 78.5 Å². The first-order valence-electron chi connectivity index (χ1n) is 30.1. The van der Waals surface area contributed by atoms with Crippen LogP contribution >= 0.6 is 0 Å². The van der Waals surface area contributed by atoms with Crippen molar-refractivity contribution in [2.75, 3.05) is 27.9 Å². The standard InChI is InChI=1S/C25H15NO2.C25H14NO2.2C13H12N.C2H6O.3CH4O.2Ir/c2*1-3-13-22-19(9-1)20-12-6-11-18(25(20)27-22)16-7-5-8-17(15-16)24-21-10-2-4-14-23(21)28-26-24;2*1-10-8-13(14-9-11(10)2)12-6-4-3-5-7-12;1-2-3;3*1-2;;/h1-15H;1-7,9-15H;2*3-6,8-9H,1-2H3;3H,2H2,1H3;3*2H,1H3;;/q;3*-1;;;;;;. The van der Waals surface area contributed by atoms with Crippen LogP contribution in [0.15, 0.2) is 267 Å². The zero-order valence-electron chi connectivity index (χ0n) is 53.8. The van der Waals surface area contributed by atoms with Gasteiger partial charge in [0.2, 0.25) is 0 Å². The molecule has 0 aliphatic heterocycles. The van der Waals surface area contributed by atoms with Crippen molar-refractivity contribution in [3.63, 3.8) is 0 Å². The molecular formula is C81H71Ir2N4O8-3. The Kier molecular flexibility index (Phi) is 27.5. The van der Waals surface area contributed by atoms with E-state index in [0.717, 1.165) is 154 Å². The predicted molar refractivity (Wildman–Crippen MR) is 376 cm³/mol. The van der Waals surface area contributed by atoms with Crippen molar-refractivity contribution in [3.8, 4) is 67.3 Å². The van der Waals surface area contributed by atoms with Crippen molar-refractivity contribution in [1.82, 2.24) is 20.3 Å². The summed E-state index contributed by atoms with van der Waals surface area (Å²) in [6, 6.07) is 88.7. The SMILES string of the molecule is CCO.CO.CO.CO.Cc1cnc(-c2[c-]cccc2)cc1C.Cc1cnc(-c2[c-]cccc2)cc1C.[Ir].[Ir].[c-]1ccc(-c2cccc3c2oc2ccccc23)cc1-c1noc2ccccc12.c1cc(-c2noc3ccccc23)cc(-c2cccc3c2oc2ccccc23)c1. The quantitative estimate of drug-likeness (QED) is 0.116. The summed E-state index contributed by atoms with van der Waals surface area (Å²) in [7, 11) is 3.00. The summed E-state index contributed by atoms with van der Waals surface area (Å²) < 4.78 is 23.4. The van der Waals surface area contributed by atoms with E-state index in [1.165, 1.54) is 22.3 Å². The van der Waals surface area contributed by atoms with E-state index in [1.54, 1.807) is 6.92 Å². The van der Waals surface area contributed by atoms with Crippen molar-refractivity contribution in [2.45, 2.75) is 34.6 Å². The average Bonchev–Trinajstić information content (AvgIpc) is 1.64. The monoisotopic (exact) mass is 1610 g/mol. The summed E-state index contributed by atoms with van der Waals surface area (Å²) in [5.41, 5.74) is 22.1. The molecule has 0 unspecified atom stereocenters. The molecule has 0 fully saturated rings. The van der Waals surface area contributed by atoms with Gasteiger partial charge in [-0.3, -0.25) is 0 Å². The van der Waals surface area contributed by atoms with E-state index in [4.69, 9.17) is 38.3 Å². The van der Waals surface area contributed by atoms with Crippen molar-refractivity contribution in [1.29, 1.82) is 0 Å². The number of rotatable bonds is 6. The Morgan fingerprint density at radius 2 is 0.726 bits per heavy atom. The van der Waals surface area contributed by atoms with Gasteiger partial charge < -0.3 is 48.3 Å². The van der Waals surface area contributed by atoms with Gasteiger partial charge in [-0.05, 0) is 99.1 Å². The van der Waals surface area contributed by atoms with Gasteiger partial charge in [-0.1, -0.05) is 155 Å². The van der Waals surface area contributed by atoms with Crippen LogP contribution in [0.5, 0.6) is 0 Å². The molecule has 6 heterocycles. The van der Waals surface area contributed by atoms with Crippen LogP contribution in [0.25, 0.3) is 133 Å². The molecule has 0 amide bonds. The average molecular weight is 1610 g/mol. The second kappa shape index (κ2) is 36.0. The topological polar surface area (TPSA) is 185 Å². The molecule has 0 aliphatic carbocycles. The zero-order chi connectivity index (χ0) is 65.6. The third-order valence-electron chi connectivity index (χ3n) is 15.1. The number of aromatic nitrogens is 4. The summed E-state index contributed by atoms with van der Waals surface area (Å²) in [6.45, 7) is 10.3. The third kappa shape index (κ3) is 17.1. The van der Waals surface area contributed by atoms with Gasteiger partial charge in [-0.15, -0.1) is 107 Å². The molecule has 0 aliphatic rings. The molecule has 2 radical (unpaired) electrons. The minimum Gasteiger partial charge on any atom is -0.455 e. The molecule has 0 spiro atoms. The van der Waals surface area contributed by atoms with E-state index in [2.05, 4.69) is 157 Å². The van der Waals surface area contributed by atoms with Gasteiger partial charge in [0, 0.05) is 135 Å². The van der Waals surface area contributed by atoms with Gasteiger partial charge in [0.1, 0.15) is 28.0 Å². The van der Waals surface area contributed by atoms with E-state index < -0.39 is 0 Å². The van der Waals surface area contributed by atoms with Crippen LogP contribution in [0.1, 0.15) is 29.2 Å². The number of hydrogen-bond donors (Lipinski definition) is 4. The van der Waals surface area contributed by atoms with Crippen molar-refractivity contribution in [2.24, 2.45) is 0 Å².